The predicted molar refractivity (Wildman–Crippen MR) is 174 cm³/mol. The molecule has 0 aliphatic rings. The monoisotopic (exact) mass is 665 g/mol. The molecule has 0 fully saturated rings. The molecule has 3 aromatic carbocycles. The van der Waals surface area contributed by atoms with Crippen molar-refractivity contribution in [2.75, 3.05) is 37.5 Å². The predicted octanol–water partition coefficient (Wildman–Crippen LogP) is 5.44. The molecule has 14 heteroatoms. The van der Waals surface area contributed by atoms with Crippen molar-refractivity contribution in [3.63, 3.8) is 0 Å². The molecular weight excluding hydrogens is 629 g/mol. The lowest BCUT2D eigenvalue weighted by Gasteiger charge is -2.17. The highest BCUT2D eigenvalue weighted by Crippen LogP contribution is 2.39. The largest absolute Gasteiger partial charge is 0.490 e. The van der Waals surface area contributed by atoms with E-state index in [1.54, 1.807) is 60.0 Å². The smallest absolute Gasteiger partial charge is 0.338 e. The van der Waals surface area contributed by atoms with Crippen LogP contribution in [0, 0.1) is 5.82 Å². The number of esters is 1. The Bertz CT molecular complexity index is 1650. The molecule has 47 heavy (non-hydrogen) atoms. The van der Waals surface area contributed by atoms with E-state index in [4.69, 9.17) is 18.9 Å². The number of benzene rings is 3. The molecule has 0 unspecified atom stereocenters. The number of ether oxygens (including phenoxy) is 4. The minimum atomic E-state index is -0.446. The molecule has 4 aromatic rings. The molecule has 0 saturated heterocycles. The molecule has 0 saturated carbocycles. The minimum Gasteiger partial charge on any atom is -0.490 e. The number of carbonyl (C=O) groups is 3. The Morgan fingerprint density at radius 3 is 2.04 bits per heavy atom. The fourth-order valence-corrected chi connectivity index (χ4v) is 5.14. The highest BCUT2D eigenvalue weighted by molar-refractivity contribution is 7.99. The summed E-state index contributed by atoms with van der Waals surface area (Å²) >= 11 is 1.11. The van der Waals surface area contributed by atoms with Crippen LogP contribution < -0.4 is 24.8 Å². The lowest BCUT2D eigenvalue weighted by atomic mass is 10.1. The molecule has 0 radical (unpaired) electrons. The van der Waals surface area contributed by atoms with E-state index in [1.807, 2.05) is 20.8 Å². The van der Waals surface area contributed by atoms with Crippen molar-refractivity contribution in [1.29, 1.82) is 0 Å². The number of carbonyl (C=O) groups excluding carboxylic acids is 3. The summed E-state index contributed by atoms with van der Waals surface area (Å²) in [5, 5.41) is 14.5. The van der Waals surface area contributed by atoms with Crippen LogP contribution in [0.25, 0.3) is 5.69 Å². The second-order valence-electron chi connectivity index (χ2n) is 9.63. The Labute approximate surface area is 276 Å². The fourth-order valence-electron chi connectivity index (χ4n) is 4.37. The van der Waals surface area contributed by atoms with Gasteiger partial charge >= 0.3 is 5.97 Å². The van der Waals surface area contributed by atoms with Crippen LogP contribution in [0.15, 0.2) is 65.8 Å². The van der Waals surface area contributed by atoms with Crippen molar-refractivity contribution >= 4 is 35.2 Å². The highest BCUT2D eigenvalue weighted by Gasteiger charge is 2.21. The van der Waals surface area contributed by atoms with Crippen molar-refractivity contribution in [2.24, 2.45) is 0 Å². The van der Waals surface area contributed by atoms with Crippen LogP contribution in [0.5, 0.6) is 17.2 Å². The van der Waals surface area contributed by atoms with Crippen LogP contribution >= 0.6 is 11.8 Å². The summed E-state index contributed by atoms with van der Waals surface area (Å²) in [7, 11) is 0. The summed E-state index contributed by atoms with van der Waals surface area (Å²) < 4.78 is 37.6. The number of aromatic nitrogens is 3. The fraction of sp³-hybridized carbons (Fsp3) is 0.303. The number of nitrogens with zero attached hydrogens (tertiary/aromatic N) is 3. The van der Waals surface area contributed by atoms with Crippen molar-refractivity contribution < 1.29 is 37.7 Å². The normalized spacial score (nSPS) is 10.7. The number of amides is 2. The maximum Gasteiger partial charge on any atom is 0.338 e. The first kappa shape index (κ1) is 34.8. The maximum atomic E-state index is 13.8. The number of hydrogen-bond donors (Lipinski definition) is 2. The molecule has 0 spiro atoms. The van der Waals surface area contributed by atoms with Gasteiger partial charge in [-0.05, 0) is 88.4 Å². The SMILES string of the molecule is CCOC(=O)c1ccc(NC(=O)CSc2nnc(CNC(=O)c3cc(OCC)c(OCC)c(OCC)c3)n2-c2ccc(F)cc2)cc1. The van der Waals surface area contributed by atoms with Gasteiger partial charge in [0.1, 0.15) is 5.82 Å². The molecule has 2 amide bonds. The molecule has 1 aromatic heterocycles. The number of hydrogen-bond acceptors (Lipinski definition) is 10. The summed E-state index contributed by atoms with van der Waals surface area (Å²) in [6, 6.07) is 15.2. The summed E-state index contributed by atoms with van der Waals surface area (Å²) in [4.78, 5) is 38.0. The van der Waals surface area contributed by atoms with E-state index >= 15 is 0 Å². The van der Waals surface area contributed by atoms with E-state index in [1.165, 1.54) is 12.1 Å². The summed E-state index contributed by atoms with van der Waals surface area (Å²) in [6.45, 7) is 8.55. The Balaban J connectivity index is 1.50. The van der Waals surface area contributed by atoms with E-state index < -0.39 is 17.7 Å². The number of thioether (sulfide) groups is 1. The van der Waals surface area contributed by atoms with Crippen LogP contribution in [0.1, 0.15) is 54.2 Å². The molecule has 248 valence electrons. The Morgan fingerprint density at radius 1 is 0.809 bits per heavy atom. The van der Waals surface area contributed by atoms with Crippen LogP contribution in [-0.2, 0) is 16.1 Å². The zero-order valence-electron chi connectivity index (χ0n) is 26.5. The van der Waals surface area contributed by atoms with Gasteiger partial charge in [0.15, 0.2) is 22.5 Å². The number of anilines is 1. The van der Waals surface area contributed by atoms with Gasteiger partial charge in [-0.2, -0.15) is 0 Å². The maximum absolute atomic E-state index is 13.8. The van der Waals surface area contributed by atoms with E-state index in [2.05, 4.69) is 20.8 Å². The lowest BCUT2D eigenvalue weighted by Crippen LogP contribution is -2.25. The van der Waals surface area contributed by atoms with Crippen LogP contribution in [0.3, 0.4) is 0 Å². The van der Waals surface area contributed by atoms with Crippen LogP contribution in [0.2, 0.25) is 0 Å². The molecular formula is C33H36FN5O7S. The van der Waals surface area contributed by atoms with Gasteiger partial charge in [-0.3, -0.25) is 14.2 Å². The van der Waals surface area contributed by atoms with Gasteiger partial charge < -0.3 is 29.6 Å². The summed E-state index contributed by atoms with van der Waals surface area (Å²) in [6.07, 6.45) is 0. The molecule has 0 atom stereocenters. The zero-order chi connectivity index (χ0) is 33.8. The first-order valence-electron chi connectivity index (χ1n) is 15.0. The molecule has 4 rings (SSSR count). The van der Waals surface area contributed by atoms with Gasteiger partial charge in [0.2, 0.25) is 11.7 Å². The first-order valence-corrected chi connectivity index (χ1v) is 16.0. The second-order valence-corrected chi connectivity index (χ2v) is 10.6. The molecule has 12 nitrogen and oxygen atoms in total. The van der Waals surface area contributed by atoms with Gasteiger partial charge in [-0.25, -0.2) is 9.18 Å². The Hall–Kier alpha value is -5.11. The average Bonchev–Trinajstić information content (AvgIpc) is 3.47. The summed E-state index contributed by atoms with van der Waals surface area (Å²) in [5.41, 5.74) is 1.70. The molecule has 2 N–H and O–H groups in total. The van der Waals surface area contributed by atoms with Crippen LogP contribution in [0.4, 0.5) is 10.1 Å². The third-order valence-electron chi connectivity index (χ3n) is 6.38. The van der Waals surface area contributed by atoms with Gasteiger partial charge in [-0.1, -0.05) is 11.8 Å². The average molecular weight is 666 g/mol. The standard InChI is InChI=1S/C33H36FN5O7S/c1-5-43-26-17-22(18-27(44-6-2)30(26)45-7-3)31(41)35-19-28-37-38-33(39(28)25-15-11-23(34)12-16-25)47-20-29(40)36-24-13-9-21(10-14-24)32(42)46-8-4/h9-18H,5-8,19-20H2,1-4H3,(H,35,41)(H,36,40). The van der Waals surface area contributed by atoms with E-state index in [-0.39, 0.29) is 30.4 Å². The van der Waals surface area contributed by atoms with Crippen molar-refractivity contribution in [3.8, 4) is 22.9 Å². The third-order valence-corrected chi connectivity index (χ3v) is 7.30. The number of halogens is 1. The molecule has 1 heterocycles. The van der Waals surface area contributed by atoms with Gasteiger partial charge in [0.25, 0.3) is 5.91 Å². The van der Waals surface area contributed by atoms with E-state index in [9.17, 15) is 18.8 Å². The highest BCUT2D eigenvalue weighted by atomic mass is 32.2. The first-order chi connectivity index (χ1) is 22.8. The topological polar surface area (TPSA) is 143 Å². The van der Waals surface area contributed by atoms with Gasteiger partial charge in [-0.15, -0.1) is 10.2 Å². The zero-order valence-corrected chi connectivity index (χ0v) is 27.3. The Kier molecular flexibility index (Phi) is 12.6. The second kappa shape index (κ2) is 17.0. The third kappa shape index (κ3) is 9.22. The van der Waals surface area contributed by atoms with Crippen molar-refractivity contribution in [3.05, 3.63) is 83.4 Å². The van der Waals surface area contributed by atoms with Crippen molar-refractivity contribution in [1.82, 2.24) is 20.1 Å². The van der Waals surface area contributed by atoms with E-state index in [0.717, 1.165) is 11.8 Å². The lowest BCUT2D eigenvalue weighted by molar-refractivity contribution is -0.113. The van der Waals surface area contributed by atoms with Crippen molar-refractivity contribution in [2.45, 2.75) is 39.4 Å². The van der Waals surface area contributed by atoms with E-state index in [0.29, 0.717) is 65.0 Å². The quantitative estimate of drug-likeness (QED) is 0.117. The number of nitrogens with one attached hydrogen (secondary N) is 2. The number of rotatable bonds is 16. The minimum absolute atomic E-state index is 0.0299. The molecule has 0 bridgehead atoms. The summed E-state index contributed by atoms with van der Waals surface area (Å²) in [5.74, 6) is -0.120. The van der Waals surface area contributed by atoms with Gasteiger partial charge in [0.05, 0.1) is 44.3 Å². The van der Waals surface area contributed by atoms with Gasteiger partial charge in [0, 0.05) is 16.9 Å². The molecule has 0 aliphatic carbocycles. The molecule has 0 aliphatic heterocycles. The van der Waals surface area contributed by atoms with Crippen LogP contribution in [-0.4, -0.2) is 64.7 Å². The Morgan fingerprint density at radius 2 is 1.45 bits per heavy atom.